The first-order chi connectivity index (χ1) is 12.5. The molecule has 0 aliphatic heterocycles. The zero-order chi connectivity index (χ0) is 18.6. The molecule has 0 saturated heterocycles. The first-order valence-electron chi connectivity index (χ1n) is 8.51. The quantitative estimate of drug-likeness (QED) is 0.763. The van der Waals surface area contributed by atoms with Crippen molar-refractivity contribution in [3.63, 3.8) is 0 Å². The van der Waals surface area contributed by atoms with Gasteiger partial charge in [-0.25, -0.2) is 4.79 Å². The summed E-state index contributed by atoms with van der Waals surface area (Å²) in [6.07, 6.45) is 4.75. The Morgan fingerprint density at radius 2 is 1.77 bits per heavy atom. The summed E-state index contributed by atoms with van der Waals surface area (Å²) in [5.74, 6) is -1.75. The van der Waals surface area contributed by atoms with Gasteiger partial charge in [-0.3, -0.25) is 9.59 Å². The Kier molecular flexibility index (Phi) is 5.06. The summed E-state index contributed by atoms with van der Waals surface area (Å²) in [5, 5.41) is 14.9. The van der Waals surface area contributed by atoms with Gasteiger partial charge in [-0.2, -0.15) is 0 Å². The van der Waals surface area contributed by atoms with Crippen LogP contribution in [0.3, 0.4) is 0 Å². The largest absolute Gasteiger partial charge is 0.480 e. The predicted molar refractivity (Wildman–Crippen MR) is 94.0 cm³/mol. The molecule has 0 unspecified atom stereocenters. The van der Waals surface area contributed by atoms with E-state index in [1.54, 1.807) is 24.3 Å². The van der Waals surface area contributed by atoms with Gasteiger partial charge in [-0.1, -0.05) is 25.3 Å². The highest BCUT2D eigenvalue weighted by atomic mass is 16.4. The lowest BCUT2D eigenvalue weighted by atomic mass is 9.81. The number of carbonyl (C=O) groups is 3. The molecule has 1 heterocycles. The summed E-state index contributed by atoms with van der Waals surface area (Å²) in [6.45, 7) is 0. The summed E-state index contributed by atoms with van der Waals surface area (Å²) in [4.78, 5) is 36.3. The standard InChI is InChI=1S/C19H20N2O5/c22-16(21-19(18(24)25)9-2-1-3-10-19)13-6-4-7-14(12-13)20-17(23)15-8-5-11-26-15/h4-8,11-12H,1-3,9-10H2,(H,20,23)(H,21,22)(H,24,25). The molecule has 0 spiro atoms. The van der Waals surface area contributed by atoms with Crippen molar-refractivity contribution in [1.29, 1.82) is 0 Å². The van der Waals surface area contributed by atoms with Gasteiger partial charge in [0.05, 0.1) is 6.26 Å². The van der Waals surface area contributed by atoms with Crippen LogP contribution in [0.15, 0.2) is 47.1 Å². The molecule has 136 valence electrons. The Morgan fingerprint density at radius 3 is 2.42 bits per heavy atom. The molecule has 1 aliphatic carbocycles. The molecular formula is C19H20N2O5. The highest BCUT2D eigenvalue weighted by Crippen LogP contribution is 2.29. The Hall–Kier alpha value is -3.09. The predicted octanol–water partition coefficient (Wildman–Crippen LogP) is 3.05. The van der Waals surface area contributed by atoms with E-state index >= 15 is 0 Å². The van der Waals surface area contributed by atoms with Crippen LogP contribution < -0.4 is 10.6 Å². The van der Waals surface area contributed by atoms with E-state index in [1.165, 1.54) is 18.4 Å². The SMILES string of the molecule is O=C(NC1(C(=O)O)CCCCC1)c1cccc(NC(=O)c2ccco2)c1. The minimum atomic E-state index is -1.22. The molecule has 7 nitrogen and oxygen atoms in total. The van der Waals surface area contributed by atoms with Crippen LogP contribution in [0, 0.1) is 0 Å². The smallest absolute Gasteiger partial charge is 0.329 e. The van der Waals surface area contributed by atoms with Gasteiger partial charge in [0.25, 0.3) is 11.8 Å². The molecule has 1 saturated carbocycles. The number of furan rings is 1. The maximum atomic E-state index is 12.6. The summed E-state index contributed by atoms with van der Waals surface area (Å²) in [5.41, 5.74) is -0.511. The van der Waals surface area contributed by atoms with Crippen LogP contribution in [0.4, 0.5) is 5.69 Å². The van der Waals surface area contributed by atoms with Crippen LogP contribution in [0.25, 0.3) is 0 Å². The van der Waals surface area contributed by atoms with E-state index in [9.17, 15) is 19.5 Å². The van der Waals surface area contributed by atoms with Gasteiger partial charge >= 0.3 is 5.97 Å². The average Bonchev–Trinajstić information content (AvgIpc) is 3.17. The topological polar surface area (TPSA) is 109 Å². The van der Waals surface area contributed by atoms with Crippen molar-refractivity contribution in [1.82, 2.24) is 5.32 Å². The Bertz CT molecular complexity index is 807. The van der Waals surface area contributed by atoms with Crippen molar-refractivity contribution in [3.8, 4) is 0 Å². The number of carbonyl (C=O) groups excluding carboxylic acids is 2. The molecule has 1 aromatic heterocycles. The molecule has 7 heteroatoms. The lowest BCUT2D eigenvalue weighted by Crippen LogP contribution is -2.55. The fourth-order valence-electron chi connectivity index (χ4n) is 3.18. The summed E-state index contributed by atoms with van der Waals surface area (Å²) in [7, 11) is 0. The van der Waals surface area contributed by atoms with Gasteiger partial charge in [-0.05, 0) is 43.2 Å². The molecule has 0 bridgehead atoms. The van der Waals surface area contributed by atoms with E-state index in [1.807, 2.05) is 0 Å². The number of anilines is 1. The summed E-state index contributed by atoms with van der Waals surface area (Å²) in [6, 6.07) is 9.50. The summed E-state index contributed by atoms with van der Waals surface area (Å²) >= 11 is 0. The number of hydrogen-bond donors (Lipinski definition) is 3. The van der Waals surface area contributed by atoms with Crippen molar-refractivity contribution in [3.05, 3.63) is 54.0 Å². The van der Waals surface area contributed by atoms with E-state index in [0.717, 1.165) is 19.3 Å². The van der Waals surface area contributed by atoms with E-state index in [0.29, 0.717) is 18.5 Å². The number of hydrogen-bond acceptors (Lipinski definition) is 4. The van der Waals surface area contributed by atoms with Gasteiger partial charge < -0.3 is 20.2 Å². The van der Waals surface area contributed by atoms with E-state index in [2.05, 4.69) is 10.6 Å². The minimum Gasteiger partial charge on any atom is -0.480 e. The van der Waals surface area contributed by atoms with E-state index < -0.39 is 23.3 Å². The Balaban J connectivity index is 1.73. The molecule has 2 amide bonds. The molecule has 2 aromatic rings. The Labute approximate surface area is 150 Å². The third kappa shape index (κ3) is 3.77. The van der Waals surface area contributed by atoms with Crippen molar-refractivity contribution >= 4 is 23.5 Å². The second kappa shape index (κ2) is 7.43. The number of nitrogens with one attached hydrogen (secondary N) is 2. The third-order valence-electron chi connectivity index (χ3n) is 4.60. The average molecular weight is 356 g/mol. The van der Waals surface area contributed by atoms with Crippen LogP contribution in [-0.2, 0) is 4.79 Å². The maximum Gasteiger partial charge on any atom is 0.329 e. The van der Waals surface area contributed by atoms with Gasteiger partial charge in [0.1, 0.15) is 5.54 Å². The van der Waals surface area contributed by atoms with Gasteiger partial charge in [0.15, 0.2) is 5.76 Å². The van der Waals surface area contributed by atoms with Gasteiger partial charge in [0, 0.05) is 11.3 Å². The van der Waals surface area contributed by atoms with Crippen molar-refractivity contribution in [2.75, 3.05) is 5.32 Å². The normalized spacial score (nSPS) is 15.8. The molecule has 3 N–H and O–H groups in total. The molecule has 3 rings (SSSR count). The number of carboxylic acids is 1. The zero-order valence-electron chi connectivity index (χ0n) is 14.2. The van der Waals surface area contributed by atoms with Crippen LogP contribution >= 0.6 is 0 Å². The lowest BCUT2D eigenvalue weighted by molar-refractivity contribution is -0.145. The van der Waals surface area contributed by atoms with Gasteiger partial charge in [-0.15, -0.1) is 0 Å². The molecule has 1 aliphatic rings. The Morgan fingerprint density at radius 1 is 1.00 bits per heavy atom. The van der Waals surface area contributed by atoms with Crippen LogP contribution in [0.5, 0.6) is 0 Å². The molecular weight excluding hydrogens is 336 g/mol. The molecule has 1 aromatic carbocycles. The zero-order valence-corrected chi connectivity index (χ0v) is 14.2. The maximum absolute atomic E-state index is 12.6. The minimum absolute atomic E-state index is 0.159. The summed E-state index contributed by atoms with van der Waals surface area (Å²) < 4.78 is 5.03. The van der Waals surface area contributed by atoms with Crippen molar-refractivity contribution in [2.24, 2.45) is 0 Å². The fraction of sp³-hybridized carbons (Fsp3) is 0.316. The second-order valence-corrected chi connectivity index (χ2v) is 6.41. The van der Waals surface area contributed by atoms with Crippen molar-refractivity contribution in [2.45, 2.75) is 37.6 Å². The van der Waals surface area contributed by atoms with E-state index in [4.69, 9.17) is 4.42 Å². The highest BCUT2D eigenvalue weighted by Gasteiger charge is 2.41. The van der Waals surface area contributed by atoms with Gasteiger partial charge in [0.2, 0.25) is 0 Å². The molecule has 1 fully saturated rings. The van der Waals surface area contributed by atoms with E-state index in [-0.39, 0.29) is 11.3 Å². The molecule has 0 radical (unpaired) electrons. The number of aliphatic carboxylic acids is 1. The first-order valence-corrected chi connectivity index (χ1v) is 8.51. The third-order valence-corrected chi connectivity index (χ3v) is 4.60. The van der Waals surface area contributed by atoms with Crippen molar-refractivity contribution < 1.29 is 23.9 Å². The number of benzene rings is 1. The highest BCUT2D eigenvalue weighted by molar-refractivity contribution is 6.03. The first kappa shape index (κ1) is 17.7. The monoisotopic (exact) mass is 356 g/mol. The van der Waals surface area contributed by atoms with Crippen LogP contribution in [-0.4, -0.2) is 28.4 Å². The number of carboxylic acid groups (broad SMARTS) is 1. The number of rotatable bonds is 5. The second-order valence-electron chi connectivity index (χ2n) is 6.41. The number of amides is 2. The fourth-order valence-corrected chi connectivity index (χ4v) is 3.18. The lowest BCUT2D eigenvalue weighted by Gasteiger charge is -2.34. The van der Waals surface area contributed by atoms with Crippen LogP contribution in [0.2, 0.25) is 0 Å². The van der Waals surface area contributed by atoms with Crippen LogP contribution in [0.1, 0.15) is 53.0 Å². The molecule has 26 heavy (non-hydrogen) atoms. The molecule has 0 atom stereocenters.